The summed E-state index contributed by atoms with van der Waals surface area (Å²) in [5.74, 6) is -0.419. The SMILES string of the molecule is CCCCN(C(=O)Cc1nn(C)c(=O)c2ccccc12)c1c(N)n(CCCC)c(=O)[nH]c1=O. The molecule has 0 bridgehead atoms. The second kappa shape index (κ2) is 10.3. The first-order chi connectivity index (χ1) is 15.8. The first kappa shape index (κ1) is 24.0. The van der Waals surface area contributed by atoms with Crippen molar-refractivity contribution in [2.24, 2.45) is 7.05 Å². The molecule has 0 unspecified atom stereocenters. The third-order valence-electron chi connectivity index (χ3n) is 5.61. The van der Waals surface area contributed by atoms with Gasteiger partial charge in [0.05, 0.1) is 17.5 Å². The zero-order valence-corrected chi connectivity index (χ0v) is 19.3. The van der Waals surface area contributed by atoms with E-state index in [2.05, 4.69) is 10.1 Å². The van der Waals surface area contributed by atoms with E-state index in [9.17, 15) is 19.2 Å². The largest absolute Gasteiger partial charge is 0.383 e. The van der Waals surface area contributed by atoms with E-state index in [1.807, 2.05) is 13.8 Å². The summed E-state index contributed by atoms with van der Waals surface area (Å²) in [6, 6.07) is 6.96. The minimum absolute atomic E-state index is 0.0278. The number of nitrogens with one attached hydrogen (secondary N) is 1. The van der Waals surface area contributed by atoms with Gasteiger partial charge in [-0.25, -0.2) is 9.48 Å². The lowest BCUT2D eigenvalue weighted by molar-refractivity contribution is -0.118. The minimum atomic E-state index is -0.701. The topological polar surface area (TPSA) is 136 Å². The molecule has 0 fully saturated rings. The number of aromatic nitrogens is 4. The molecule has 0 spiro atoms. The molecule has 10 nitrogen and oxygen atoms in total. The highest BCUT2D eigenvalue weighted by atomic mass is 16.2. The third-order valence-corrected chi connectivity index (χ3v) is 5.61. The molecule has 0 saturated carbocycles. The van der Waals surface area contributed by atoms with Crippen LogP contribution in [-0.4, -0.2) is 31.8 Å². The van der Waals surface area contributed by atoms with Crippen LogP contribution in [0.3, 0.4) is 0 Å². The normalized spacial score (nSPS) is 11.1. The fourth-order valence-corrected chi connectivity index (χ4v) is 3.80. The molecule has 2 heterocycles. The van der Waals surface area contributed by atoms with Gasteiger partial charge >= 0.3 is 5.69 Å². The van der Waals surface area contributed by atoms with Crippen LogP contribution in [0.1, 0.15) is 45.2 Å². The van der Waals surface area contributed by atoms with E-state index >= 15 is 0 Å². The number of carbonyl (C=O) groups excluding carboxylic acids is 1. The highest BCUT2D eigenvalue weighted by Gasteiger charge is 2.25. The van der Waals surface area contributed by atoms with E-state index in [0.29, 0.717) is 35.9 Å². The number of amides is 1. The molecule has 176 valence electrons. The van der Waals surface area contributed by atoms with Gasteiger partial charge in [-0.15, -0.1) is 0 Å². The van der Waals surface area contributed by atoms with Crippen molar-refractivity contribution in [3.05, 3.63) is 61.2 Å². The lowest BCUT2D eigenvalue weighted by Gasteiger charge is -2.24. The van der Waals surface area contributed by atoms with Crippen molar-refractivity contribution in [3.8, 4) is 0 Å². The standard InChI is InChI=1S/C23H30N6O4/c1-4-6-12-28(19-20(24)29(13-7-5-2)23(33)25-21(19)31)18(30)14-17-15-10-8-9-11-16(15)22(32)27(3)26-17/h8-11H,4-7,12-14,24H2,1-3H3,(H,25,31,33). The average Bonchev–Trinajstić information content (AvgIpc) is 2.79. The number of hydrogen-bond donors (Lipinski definition) is 2. The Hall–Kier alpha value is -3.69. The number of unbranched alkanes of at least 4 members (excludes halogenated alkanes) is 2. The molecular formula is C23H30N6O4. The van der Waals surface area contributed by atoms with Crippen molar-refractivity contribution in [3.63, 3.8) is 0 Å². The molecule has 0 aliphatic rings. The summed E-state index contributed by atoms with van der Waals surface area (Å²) in [7, 11) is 1.53. The Labute approximate surface area is 190 Å². The highest BCUT2D eigenvalue weighted by Crippen LogP contribution is 2.21. The quantitative estimate of drug-likeness (QED) is 0.503. The predicted octanol–water partition coefficient (Wildman–Crippen LogP) is 1.54. The summed E-state index contributed by atoms with van der Waals surface area (Å²) >= 11 is 0. The van der Waals surface area contributed by atoms with E-state index in [1.165, 1.54) is 21.2 Å². The summed E-state index contributed by atoms with van der Waals surface area (Å²) < 4.78 is 2.50. The number of fused-ring (bicyclic) bond motifs is 1. The van der Waals surface area contributed by atoms with E-state index in [0.717, 1.165) is 12.8 Å². The molecule has 10 heteroatoms. The number of hydrogen-bond acceptors (Lipinski definition) is 6. The molecule has 0 atom stereocenters. The highest BCUT2D eigenvalue weighted by molar-refractivity contribution is 5.98. The van der Waals surface area contributed by atoms with Gasteiger partial charge in [0.25, 0.3) is 11.1 Å². The summed E-state index contributed by atoms with van der Waals surface area (Å²) in [5.41, 5.74) is 5.10. The van der Waals surface area contributed by atoms with Gasteiger partial charge in [-0.2, -0.15) is 5.10 Å². The molecule has 33 heavy (non-hydrogen) atoms. The number of nitrogens with zero attached hydrogens (tertiary/aromatic N) is 4. The van der Waals surface area contributed by atoms with Crippen molar-refractivity contribution < 1.29 is 4.79 Å². The lowest BCUT2D eigenvalue weighted by atomic mass is 10.1. The number of rotatable bonds is 9. The first-order valence-corrected chi connectivity index (χ1v) is 11.2. The molecule has 0 saturated heterocycles. The van der Waals surface area contributed by atoms with Crippen molar-refractivity contribution in [2.75, 3.05) is 17.2 Å². The summed E-state index contributed by atoms with van der Waals surface area (Å²) in [6.07, 6.45) is 2.83. The summed E-state index contributed by atoms with van der Waals surface area (Å²) in [4.78, 5) is 54.6. The minimum Gasteiger partial charge on any atom is -0.383 e. The van der Waals surface area contributed by atoms with Crippen LogP contribution in [0.4, 0.5) is 11.5 Å². The summed E-state index contributed by atoms with van der Waals surface area (Å²) in [6.45, 7) is 4.56. The van der Waals surface area contributed by atoms with Gasteiger partial charge < -0.3 is 10.6 Å². The average molecular weight is 455 g/mol. The van der Waals surface area contributed by atoms with Crippen molar-refractivity contribution >= 4 is 28.2 Å². The van der Waals surface area contributed by atoms with Gasteiger partial charge in [-0.3, -0.25) is 23.9 Å². The number of H-pyrrole nitrogens is 1. The smallest absolute Gasteiger partial charge is 0.330 e. The van der Waals surface area contributed by atoms with Crippen LogP contribution in [0.5, 0.6) is 0 Å². The van der Waals surface area contributed by atoms with E-state index in [4.69, 9.17) is 5.73 Å². The van der Waals surface area contributed by atoms with Gasteiger partial charge in [0, 0.05) is 25.5 Å². The number of aromatic amines is 1. The Morgan fingerprint density at radius 3 is 2.42 bits per heavy atom. The van der Waals surface area contributed by atoms with E-state index < -0.39 is 17.2 Å². The van der Waals surface area contributed by atoms with Crippen LogP contribution in [0.15, 0.2) is 38.6 Å². The molecule has 3 N–H and O–H groups in total. The fourth-order valence-electron chi connectivity index (χ4n) is 3.80. The number of aryl methyl sites for hydroxylation is 1. The Morgan fingerprint density at radius 2 is 1.76 bits per heavy atom. The number of carbonyl (C=O) groups is 1. The summed E-state index contributed by atoms with van der Waals surface area (Å²) in [5, 5.41) is 5.34. The Kier molecular flexibility index (Phi) is 7.47. The number of nitrogen functional groups attached to an aromatic ring is 1. The van der Waals surface area contributed by atoms with Crippen molar-refractivity contribution in [1.82, 2.24) is 19.3 Å². The zero-order chi connectivity index (χ0) is 24.1. The van der Waals surface area contributed by atoms with Crippen LogP contribution >= 0.6 is 0 Å². The Morgan fingerprint density at radius 1 is 1.09 bits per heavy atom. The second-order valence-electron chi connectivity index (χ2n) is 8.00. The monoisotopic (exact) mass is 454 g/mol. The Bertz CT molecular complexity index is 1340. The molecule has 3 aromatic rings. The van der Waals surface area contributed by atoms with Gasteiger partial charge in [-0.1, -0.05) is 44.9 Å². The molecule has 1 aromatic carbocycles. The van der Waals surface area contributed by atoms with Crippen LogP contribution in [-0.2, 0) is 24.8 Å². The zero-order valence-electron chi connectivity index (χ0n) is 19.3. The molecule has 0 aliphatic heterocycles. The molecule has 0 radical (unpaired) electrons. The predicted molar refractivity (Wildman–Crippen MR) is 129 cm³/mol. The van der Waals surface area contributed by atoms with Crippen LogP contribution in [0, 0.1) is 0 Å². The van der Waals surface area contributed by atoms with E-state index in [1.54, 1.807) is 24.3 Å². The van der Waals surface area contributed by atoms with Crippen molar-refractivity contribution in [1.29, 1.82) is 0 Å². The van der Waals surface area contributed by atoms with Gasteiger partial charge in [0.15, 0.2) is 5.69 Å². The lowest BCUT2D eigenvalue weighted by Crippen LogP contribution is -2.42. The number of benzene rings is 1. The molecular weight excluding hydrogens is 424 g/mol. The third kappa shape index (κ3) is 4.89. The van der Waals surface area contributed by atoms with E-state index in [-0.39, 0.29) is 30.0 Å². The first-order valence-electron chi connectivity index (χ1n) is 11.2. The van der Waals surface area contributed by atoms with Crippen LogP contribution < -0.4 is 27.4 Å². The van der Waals surface area contributed by atoms with Gasteiger partial charge in [0.1, 0.15) is 5.82 Å². The molecule has 1 amide bonds. The van der Waals surface area contributed by atoms with Gasteiger partial charge in [0.2, 0.25) is 5.91 Å². The molecule has 2 aromatic heterocycles. The van der Waals surface area contributed by atoms with Crippen LogP contribution in [0.2, 0.25) is 0 Å². The molecule has 0 aliphatic carbocycles. The second-order valence-corrected chi connectivity index (χ2v) is 8.00. The van der Waals surface area contributed by atoms with Gasteiger partial charge in [-0.05, 0) is 18.9 Å². The maximum atomic E-state index is 13.5. The number of nitrogens with two attached hydrogens (primary N) is 1. The number of anilines is 2. The maximum absolute atomic E-state index is 13.5. The van der Waals surface area contributed by atoms with Crippen molar-refractivity contribution in [2.45, 2.75) is 52.5 Å². The Balaban J connectivity index is 2.09. The fraction of sp³-hybridized carbons (Fsp3) is 0.435. The van der Waals surface area contributed by atoms with Crippen LogP contribution in [0.25, 0.3) is 10.8 Å². The maximum Gasteiger partial charge on any atom is 0.330 e. The molecule has 3 rings (SSSR count).